The summed E-state index contributed by atoms with van der Waals surface area (Å²) in [6.45, 7) is 2.06. The Bertz CT molecular complexity index is 948. The van der Waals surface area contributed by atoms with E-state index < -0.39 is 12.1 Å². The summed E-state index contributed by atoms with van der Waals surface area (Å²) in [5.41, 5.74) is 2.39. The van der Waals surface area contributed by atoms with Crippen molar-refractivity contribution in [3.05, 3.63) is 53.7 Å². The lowest BCUT2D eigenvalue weighted by Gasteiger charge is -2.44. The normalized spacial score (nSPS) is 16.0. The van der Waals surface area contributed by atoms with Gasteiger partial charge in [-0.15, -0.1) is 10.2 Å². The molecule has 0 saturated heterocycles. The zero-order valence-corrected chi connectivity index (χ0v) is 14.4. The van der Waals surface area contributed by atoms with Crippen LogP contribution in [0, 0.1) is 6.92 Å². The van der Waals surface area contributed by atoms with Crippen LogP contribution in [0.15, 0.2) is 41.1 Å². The summed E-state index contributed by atoms with van der Waals surface area (Å²) in [6, 6.07) is 8.15. The molecule has 6 nitrogen and oxygen atoms in total. The lowest BCUT2D eigenvalue weighted by molar-refractivity contribution is -0.156. The lowest BCUT2D eigenvalue weighted by Crippen LogP contribution is -2.43. The van der Waals surface area contributed by atoms with E-state index in [9.17, 15) is 13.2 Å². The Morgan fingerprint density at radius 3 is 2.33 bits per heavy atom. The van der Waals surface area contributed by atoms with E-state index in [4.69, 9.17) is 0 Å². The van der Waals surface area contributed by atoms with E-state index in [2.05, 4.69) is 49.0 Å². The van der Waals surface area contributed by atoms with Crippen LogP contribution in [0.1, 0.15) is 36.3 Å². The molecule has 2 aromatic heterocycles. The van der Waals surface area contributed by atoms with Crippen molar-refractivity contribution in [2.75, 3.05) is 5.32 Å². The van der Waals surface area contributed by atoms with Crippen molar-refractivity contribution < 1.29 is 17.6 Å². The van der Waals surface area contributed by atoms with Crippen molar-refractivity contribution in [3.63, 3.8) is 0 Å². The monoisotopic (exact) mass is 375 g/mol. The predicted molar refractivity (Wildman–Crippen MR) is 90.7 cm³/mol. The Kier molecular flexibility index (Phi) is 4.09. The van der Waals surface area contributed by atoms with E-state index in [0.29, 0.717) is 5.95 Å². The van der Waals surface area contributed by atoms with E-state index in [1.807, 2.05) is 12.1 Å². The highest BCUT2D eigenvalue weighted by molar-refractivity contribution is 5.51. The molecule has 1 aliphatic rings. The molecule has 0 bridgehead atoms. The fourth-order valence-electron chi connectivity index (χ4n) is 3.27. The highest BCUT2D eigenvalue weighted by Crippen LogP contribution is 2.44. The molecule has 1 aromatic carbocycles. The number of aromatic nitrogens is 4. The van der Waals surface area contributed by atoms with Gasteiger partial charge >= 0.3 is 12.1 Å². The molecule has 0 atom stereocenters. The van der Waals surface area contributed by atoms with Crippen molar-refractivity contribution in [1.82, 2.24) is 20.2 Å². The van der Waals surface area contributed by atoms with E-state index >= 15 is 0 Å². The number of halogens is 3. The van der Waals surface area contributed by atoms with E-state index in [-0.39, 0.29) is 17.0 Å². The van der Waals surface area contributed by atoms with Gasteiger partial charge in [0.2, 0.25) is 5.95 Å². The van der Waals surface area contributed by atoms with Crippen LogP contribution >= 0.6 is 0 Å². The third-order valence-corrected chi connectivity index (χ3v) is 4.79. The number of nitrogens with one attached hydrogen (secondary N) is 1. The minimum absolute atomic E-state index is 0.221. The third kappa shape index (κ3) is 3.24. The summed E-state index contributed by atoms with van der Waals surface area (Å²) < 4.78 is 42.4. The molecule has 27 heavy (non-hydrogen) atoms. The van der Waals surface area contributed by atoms with E-state index in [1.165, 1.54) is 23.5 Å². The van der Waals surface area contributed by atoms with Gasteiger partial charge in [-0.05, 0) is 37.3 Å². The highest BCUT2D eigenvalue weighted by Gasteiger charge is 2.40. The largest absolute Gasteiger partial charge is 0.470 e. The van der Waals surface area contributed by atoms with Gasteiger partial charge in [0, 0.05) is 12.4 Å². The van der Waals surface area contributed by atoms with Crippen LogP contribution in [0.5, 0.6) is 0 Å². The molecule has 9 heteroatoms. The summed E-state index contributed by atoms with van der Waals surface area (Å²) in [5, 5.41) is 9.80. The standard InChI is InChI=1S/C18H16F3N5O/c1-11-5-2-3-6-13(11)17(7-4-8-17)24-16-22-9-12(10-23-16)14-25-26-15(27-14)18(19,20)21/h2-3,5-6,9-10H,4,7-8H2,1H3,(H,22,23,24). The van der Waals surface area contributed by atoms with Crippen molar-refractivity contribution in [2.24, 2.45) is 0 Å². The van der Waals surface area contributed by atoms with Gasteiger partial charge in [-0.25, -0.2) is 9.97 Å². The topological polar surface area (TPSA) is 76.7 Å². The van der Waals surface area contributed by atoms with Gasteiger partial charge in [0.25, 0.3) is 5.89 Å². The van der Waals surface area contributed by atoms with Crippen molar-refractivity contribution in [2.45, 2.75) is 37.9 Å². The average molecular weight is 375 g/mol. The van der Waals surface area contributed by atoms with Crippen molar-refractivity contribution >= 4 is 5.95 Å². The molecule has 1 aliphatic carbocycles. The molecule has 0 amide bonds. The molecule has 0 spiro atoms. The number of benzene rings is 1. The average Bonchev–Trinajstić information content (AvgIpc) is 3.10. The fraction of sp³-hybridized carbons (Fsp3) is 0.333. The van der Waals surface area contributed by atoms with Crippen molar-refractivity contribution in [1.29, 1.82) is 0 Å². The Balaban J connectivity index is 1.56. The first-order chi connectivity index (χ1) is 12.9. The second-order valence-corrected chi connectivity index (χ2v) is 6.58. The Morgan fingerprint density at radius 1 is 1.07 bits per heavy atom. The fourth-order valence-corrected chi connectivity index (χ4v) is 3.27. The molecule has 2 heterocycles. The van der Waals surface area contributed by atoms with Crippen LogP contribution in [-0.2, 0) is 11.7 Å². The maximum atomic E-state index is 12.6. The minimum atomic E-state index is -4.68. The van der Waals surface area contributed by atoms with Gasteiger partial charge in [0.15, 0.2) is 0 Å². The van der Waals surface area contributed by atoms with Crippen LogP contribution in [-0.4, -0.2) is 20.2 Å². The minimum Gasteiger partial charge on any atom is -0.413 e. The number of rotatable bonds is 4. The molecule has 1 saturated carbocycles. The number of anilines is 1. The molecule has 0 radical (unpaired) electrons. The Morgan fingerprint density at radius 2 is 1.78 bits per heavy atom. The van der Waals surface area contributed by atoms with Crippen molar-refractivity contribution in [3.8, 4) is 11.5 Å². The van der Waals surface area contributed by atoms with Crippen LogP contribution in [0.4, 0.5) is 19.1 Å². The van der Waals surface area contributed by atoms with E-state index in [1.54, 1.807) is 0 Å². The number of nitrogens with zero attached hydrogens (tertiary/aromatic N) is 4. The molecular weight excluding hydrogens is 359 g/mol. The van der Waals surface area contributed by atoms with E-state index in [0.717, 1.165) is 19.3 Å². The quantitative estimate of drug-likeness (QED) is 0.731. The molecule has 1 fully saturated rings. The van der Waals surface area contributed by atoms with Crippen LogP contribution in [0.3, 0.4) is 0 Å². The number of alkyl halides is 3. The lowest BCUT2D eigenvalue weighted by atomic mass is 9.70. The van der Waals surface area contributed by atoms with Gasteiger partial charge in [-0.2, -0.15) is 13.2 Å². The highest BCUT2D eigenvalue weighted by atomic mass is 19.4. The predicted octanol–water partition coefficient (Wildman–Crippen LogP) is 4.35. The zero-order chi connectivity index (χ0) is 19.1. The number of hydrogen-bond acceptors (Lipinski definition) is 6. The SMILES string of the molecule is Cc1ccccc1C1(Nc2ncc(-c3nnc(C(F)(F)F)o3)cn2)CCC1. The Hall–Kier alpha value is -2.97. The summed E-state index contributed by atoms with van der Waals surface area (Å²) in [4.78, 5) is 8.43. The zero-order valence-electron chi connectivity index (χ0n) is 14.4. The van der Waals surface area contributed by atoms with Gasteiger partial charge in [0.1, 0.15) is 0 Å². The van der Waals surface area contributed by atoms with Crippen LogP contribution in [0.25, 0.3) is 11.5 Å². The molecule has 0 unspecified atom stereocenters. The first-order valence-electron chi connectivity index (χ1n) is 8.45. The summed E-state index contributed by atoms with van der Waals surface area (Å²) in [6.07, 6.45) is 1.07. The summed E-state index contributed by atoms with van der Waals surface area (Å²) in [5.74, 6) is -1.27. The first-order valence-corrected chi connectivity index (χ1v) is 8.45. The Labute approximate surface area is 152 Å². The molecule has 3 aromatic rings. The number of aryl methyl sites for hydroxylation is 1. The molecular formula is C18H16F3N5O. The summed E-state index contributed by atoms with van der Waals surface area (Å²) in [7, 11) is 0. The summed E-state index contributed by atoms with van der Waals surface area (Å²) >= 11 is 0. The van der Waals surface area contributed by atoms with Gasteiger partial charge in [-0.1, -0.05) is 24.3 Å². The first kappa shape index (κ1) is 17.4. The van der Waals surface area contributed by atoms with Gasteiger partial charge in [0.05, 0.1) is 11.1 Å². The maximum Gasteiger partial charge on any atom is 0.470 e. The maximum absolute atomic E-state index is 12.6. The second kappa shape index (κ2) is 6.33. The van der Waals surface area contributed by atoms with Gasteiger partial charge in [-0.3, -0.25) is 0 Å². The molecule has 0 aliphatic heterocycles. The second-order valence-electron chi connectivity index (χ2n) is 6.58. The number of hydrogen-bond donors (Lipinski definition) is 1. The van der Waals surface area contributed by atoms with Crippen LogP contribution in [0.2, 0.25) is 0 Å². The van der Waals surface area contributed by atoms with Crippen LogP contribution < -0.4 is 5.32 Å². The smallest absolute Gasteiger partial charge is 0.413 e. The molecule has 1 N–H and O–H groups in total. The van der Waals surface area contributed by atoms with Gasteiger partial charge < -0.3 is 9.73 Å². The molecule has 4 rings (SSSR count). The molecule has 140 valence electrons. The third-order valence-electron chi connectivity index (χ3n) is 4.79.